The highest BCUT2D eigenvalue weighted by atomic mass is 32.1. The van der Waals surface area contributed by atoms with Crippen molar-refractivity contribution < 1.29 is 23.8 Å². The number of nitriles is 1. The number of nitrogens with zero attached hydrogens (tertiary/aromatic N) is 2. The predicted octanol–water partition coefficient (Wildman–Crippen LogP) is 2.54. The summed E-state index contributed by atoms with van der Waals surface area (Å²) in [5, 5.41) is 22.1. The van der Waals surface area contributed by atoms with Gasteiger partial charge in [0.05, 0.1) is 31.0 Å². The molecule has 2 aromatic rings. The van der Waals surface area contributed by atoms with Gasteiger partial charge in [-0.25, -0.2) is 4.79 Å². The first-order valence-electron chi connectivity index (χ1n) is 9.24. The predicted molar refractivity (Wildman–Crippen MR) is 105 cm³/mol. The molecule has 0 spiro atoms. The van der Waals surface area contributed by atoms with Crippen LogP contribution in [0.2, 0.25) is 0 Å². The minimum Gasteiger partial charge on any atom is -0.465 e. The number of hydrogen-bond donors (Lipinski definition) is 2. The Hall–Kier alpha value is -3.09. The smallest absolute Gasteiger partial charge is 0.410 e. The van der Waals surface area contributed by atoms with E-state index in [1.807, 2.05) is 0 Å². The summed E-state index contributed by atoms with van der Waals surface area (Å²) in [6, 6.07) is 5.65. The van der Waals surface area contributed by atoms with Gasteiger partial charge in [-0.15, -0.1) is 11.3 Å². The molecule has 1 fully saturated rings. The number of likely N-dealkylation sites (tertiary alicyclic amines) is 1. The molecule has 2 aromatic heterocycles. The molecule has 2 amide bonds. The van der Waals surface area contributed by atoms with Crippen LogP contribution in [0.15, 0.2) is 28.9 Å². The number of aliphatic hydroxyl groups excluding tert-OH is 1. The lowest BCUT2D eigenvalue weighted by atomic mass is 9.94. The van der Waals surface area contributed by atoms with E-state index in [1.165, 1.54) is 28.6 Å². The fraction of sp³-hybridized carbons (Fsp3) is 0.350. The number of fused-ring (bicyclic) bond motifs is 1. The summed E-state index contributed by atoms with van der Waals surface area (Å²) in [5.41, 5.74) is 1.38. The van der Waals surface area contributed by atoms with Crippen LogP contribution in [0.1, 0.15) is 28.2 Å². The van der Waals surface area contributed by atoms with E-state index in [9.17, 15) is 20.0 Å². The third-order valence-corrected chi connectivity index (χ3v) is 6.07. The fourth-order valence-electron chi connectivity index (χ4n) is 3.38. The summed E-state index contributed by atoms with van der Waals surface area (Å²) < 4.78 is 10.7. The summed E-state index contributed by atoms with van der Waals surface area (Å²) in [7, 11) is 0. The second kappa shape index (κ2) is 8.11. The molecule has 2 aliphatic rings. The summed E-state index contributed by atoms with van der Waals surface area (Å²) >= 11 is 1.34. The van der Waals surface area contributed by atoms with E-state index in [4.69, 9.17) is 9.15 Å². The van der Waals surface area contributed by atoms with Crippen molar-refractivity contribution in [3.8, 4) is 6.07 Å². The average Bonchev–Trinajstić information content (AvgIpc) is 3.30. The van der Waals surface area contributed by atoms with Crippen LogP contribution < -0.4 is 5.32 Å². The number of carbonyl (C=O) groups excluding carboxylic acids is 2. The second-order valence-electron chi connectivity index (χ2n) is 6.97. The maximum atomic E-state index is 12.2. The monoisotopic (exact) mass is 413 g/mol. The molecule has 4 rings (SSSR count). The van der Waals surface area contributed by atoms with Crippen LogP contribution in [0, 0.1) is 11.3 Å². The number of β-amino-alcohol motifs (C(OH)–C–C–N with tert-alkyl or cyclic N) is 1. The lowest BCUT2D eigenvalue weighted by Gasteiger charge is -2.36. The summed E-state index contributed by atoms with van der Waals surface area (Å²) in [5.74, 6) is 0.210. The molecule has 2 N–H and O–H groups in total. The van der Waals surface area contributed by atoms with E-state index in [2.05, 4.69) is 11.4 Å². The largest absolute Gasteiger partial charge is 0.465 e. The van der Waals surface area contributed by atoms with Gasteiger partial charge in [0.1, 0.15) is 22.9 Å². The van der Waals surface area contributed by atoms with Crippen LogP contribution >= 0.6 is 11.3 Å². The van der Waals surface area contributed by atoms with E-state index in [-0.39, 0.29) is 12.0 Å². The Labute approximate surface area is 171 Å². The number of nitrogens with one attached hydrogen (secondary N) is 1. The highest BCUT2D eigenvalue weighted by molar-refractivity contribution is 7.16. The summed E-state index contributed by atoms with van der Waals surface area (Å²) in [6.45, 7) is 0.603. The quantitative estimate of drug-likeness (QED) is 0.744. The highest BCUT2D eigenvalue weighted by Crippen LogP contribution is 2.38. The Balaban J connectivity index is 1.41. The van der Waals surface area contributed by atoms with Crippen molar-refractivity contribution in [1.82, 2.24) is 4.90 Å². The maximum Gasteiger partial charge on any atom is 0.410 e. The normalized spacial score (nSPS) is 18.8. The standard InChI is InChI=1S/C20H19N3O5S/c21-9-16-15-5-3-14(28-20(26)23-10-12(24)11-23)8-17(15)29-19(16)22-18(25)6-4-13-2-1-7-27-13/h1-2,4,6-7,12,14,24H,3,5,8,10-11H2,(H,22,25). The van der Waals surface area contributed by atoms with Gasteiger partial charge in [0.15, 0.2) is 0 Å². The zero-order chi connectivity index (χ0) is 20.4. The van der Waals surface area contributed by atoms with Crippen molar-refractivity contribution in [3.63, 3.8) is 0 Å². The molecule has 0 radical (unpaired) electrons. The van der Waals surface area contributed by atoms with Gasteiger partial charge in [-0.1, -0.05) is 0 Å². The molecule has 1 aliphatic heterocycles. The van der Waals surface area contributed by atoms with Crippen LogP contribution in [0.5, 0.6) is 0 Å². The topological polar surface area (TPSA) is 116 Å². The first kappa shape index (κ1) is 19.2. The number of aliphatic hydroxyl groups is 1. The van der Waals surface area contributed by atoms with Gasteiger partial charge < -0.3 is 24.5 Å². The lowest BCUT2D eigenvalue weighted by Crippen LogP contribution is -2.54. The molecular weight excluding hydrogens is 394 g/mol. The maximum absolute atomic E-state index is 12.2. The van der Waals surface area contributed by atoms with Crippen LogP contribution in [-0.2, 0) is 22.4 Å². The number of amides is 2. The molecule has 1 aliphatic carbocycles. The minimum atomic E-state index is -0.469. The first-order valence-corrected chi connectivity index (χ1v) is 10.1. The van der Waals surface area contributed by atoms with Crippen LogP contribution in [0.4, 0.5) is 9.80 Å². The van der Waals surface area contributed by atoms with Gasteiger partial charge in [0, 0.05) is 17.4 Å². The van der Waals surface area contributed by atoms with Crippen molar-refractivity contribution >= 4 is 34.4 Å². The zero-order valence-electron chi connectivity index (χ0n) is 15.5. The van der Waals surface area contributed by atoms with Crippen molar-refractivity contribution in [1.29, 1.82) is 5.26 Å². The van der Waals surface area contributed by atoms with Gasteiger partial charge in [0.25, 0.3) is 0 Å². The molecule has 1 atom stereocenters. The molecule has 0 saturated carbocycles. The molecule has 9 heteroatoms. The number of thiophene rings is 1. The van der Waals surface area contributed by atoms with Gasteiger partial charge in [0.2, 0.25) is 5.91 Å². The third kappa shape index (κ3) is 4.18. The molecule has 0 aromatic carbocycles. The Bertz CT molecular complexity index is 983. The van der Waals surface area contributed by atoms with Gasteiger partial charge >= 0.3 is 6.09 Å². The molecule has 150 valence electrons. The zero-order valence-corrected chi connectivity index (χ0v) is 16.3. The molecular formula is C20H19N3O5S. The number of furan rings is 1. The van der Waals surface area contributed by atoms with Crippen molar-refractivity contribution in [2.45, 2.75) is 31.5 Å². The molecule has 29 heavy (non-hydrogen) atoms. The van der Waals surface area contributed by atoms with E-state index in [0.717, 1.165) is 10.4 Å². The lowest BCUT2D eigenvalue weighted by molar-refractivity contribution is -0.111. The summed E-state index contributed by atoms with van der Waals surface area (Å²) in [4.78, 5) is 26.7. The van der Waals surface area contributed by atoms with E-state index in [0.29, 0.717) is 48.7 Å². The molecule has 0 bridgehead atoms. The van der Waals surface area contributed by atoms with E-state index < -0.39 is 12.2 Å². The van der Waals surface area contributed by atoms with Crippen molar-refractivity contribution in [2.75, 3.05) is 18.4 Å². The molecule has 1 unspecified atom stereocenters. The molecule has 8 nitrogen and oxygen atoms in total. The number of carbonyl (C=O) groups is 2. The number of hydrogen-bond acceptors (Lipinski definition) is 7. The number of anilines is 1. The van der Waals surface area contributed by atoms with Crippen LogP contribution in [0.3, 0.4) is 0 Å². The Morgan fingerprint density at radius 2 is 2.28 bits per heavy atom. The van der Waals surface area contributed by atoms with Gasteiger partial charge in [-0.05, 0) is 36.6 Å². The van der Waals surface area contributed by atoms with E-state index in [1.54, 1.807) is 18.2 Å². The number of rotatable bonds is 4. The Kier molecular flexibility index (Phi) is 5.38. The van der Waals surface area contributed by atoms with Crippen molar-refractivity contribution in [3.05, 3.63) is 46.2 Å². The van der Waals surface area contributed by atoms with Crippen LogP contribution in [-0.4, -0.2) is 47.3 Å². The average molecular weight is 413 g/mol. The first-order chi connectivity index (χ1) is 14.0. The summed E-state index contributed by atoms with van der Waals surface area (Å²) in [6.07, 6.45) is 4.99. The minimum absolute atomic E-state index is 0.277. The number of ether oxygens (including phenoxy) is 1. The van der Waals surface area contributed by atoms with E-state index >= 15 is 0 Å². The highest BCUT2D eigenvalue weighted by Gasteiger charge is 2.33. The van der Waals surface area contributed by atoms with Crippen LogP contribution in [0.25, 0.3) is 6.08 Å². The third-order valence-electron chi connectivity index (χ3n) is 4.90. The second-order valence-corrected chi connectivity index (χ2v) is 8.07. The Morgan fingerprint density at radius 3 is 2.97 bits per heavy atom. The Morgan fingerprint density at radius 1 is 1.45 bits per heavy atom. The fourth-order valence-corrected chi connectivity index (χ4v) is 4.65. The SMILES string of the molecule is N#Cc1c(NC(=O)C=Cc2ccco2)sc2c1CCC(OC(=O)N1CC(O)C1)C2. The van der Waals surface area contributed by atoms with Gasteiger partial charge in [-0.2, -0.15) is 5.26 Å². The molecule has 3 heterocycles. The van der Waals surface area contributed by atoms with Gasteiger partial charge in [-0.3, -0.25) is 4.79 Å². The van der Waals surface area contributed by atoms with Crippen molar-refractivity contribution in [2.24, 2.45) is 0 Å². The molecule has 1 saturated heterocycles.